The van der Waals surface area contributed by atoms with Crippen LogP contribution in [0.15, 0.2) is 103 Å². The van der Waals surface area contributed by atoms with Crippen LogP contribution >= 0.6 is 0 Å². The van der Waals surface area contributed by atoms with E-state index in [4.69, 9.17) is 4.74 Å². The number of benzene rings is 4. The highest BCUT2D eigenvalue weighted by Gasteiger charge is 2.70. The van der Waals surface area contributed by atoms with Gasteiger partial charge in [-0.2, -0.15) is 31.4 Å². The number of imide groups is 2. The highest BCUT2D eigenvalue weighted by atomic mass is 19.4. The lowest BCUT2D eigenvalue weighted by Gasteiger charge is -2.50. The second kappa shape index (κ2) is 13.2. The van der Waals surface area contributed by atoms with Crippen LogP contribution in [0, 0.1) is 30.6 Å². The van der Waals surface area contributed by atoms with Crippen molar-refractivity contribution in [3.8, 4) is 11.5 Å². The first kappa shape index (κ1) is 37.8. The number of nitrogens with one attached hydrogen (secondary N) is 1. The van der Waals surface area contributed by atoms with Crippen LogP contribution in [0.25, 0.3) is 0 Å². The number of hydrogen-bond acceptors (Lipinski definition) is 7. The van der Waals surface area contributed by atoms with Crippen molar-refractivity contribution >= 4 is 35.0 Å². The van der Waals surface area contributed by atoms with Gasteiger partial charge in [0.2, 0.25) is 11.8 Å². The molecular formula is C42H33F6N3O6. The molecule has 57 heavy (non-hydrogen) atoms. The summed E-state index contributed by atoms with van der Waals surface area (Å²) in [5, 5.41) is 11.4. The highest BCUT2D eigenvalue weighted by Crippen LogP contribution is 2.65. The Morgan fingerprint density at radius 3 is 2.05 bits per heavy atom. The number of rotatable bonds is 6. The number of hydrazine groups is 1. The number of aromatic hydroxyl groups is 1. The molecular weight excluding hydrogens is 756 g/mol. The monoisotopic (exact) mass is 789 g/mol. The number of fused-ring (bicyclic) bond motifs is 4. The van der Waals surface area contributed by atoms with Crippen LogP contribution in [-0.4, -0.2) is 40.9 Å². The van der Waals surface area contributed by atoms with Crippen LogP contribution in [0.4, 0.5) is 37.7 Å². The summed E-state index contributed by atoms with van der Waals surface area (Å²) < 4.78 is 89.3. The lowest BCUT2D eigenvalue weighted by Crippen LogP contribution is -2.53. The van der Waals surface area contributed by atoms with Crippen molar-refractivity contribution in [3.63, 3.8) is 0 Å². The molecule has 3 fully saturated rings. The van der Waals surface area contributed by atoms with Gasteiger partial charge in [0, 0.05) is 17.5 Å². The first-order chi connectivity index (χ1) is 27.0. The first-order valence-corrected chi connectivity index (χ1v) is 18.0. The molecule has 2 saturated heterocycles. The number of allylic oxidation sites excluding steroid dienone is 2. The molecule has 0 aromatic heterocycles. The van der Waals surface area contributed by atoms with E-state index in [1.165, 1.54) is 19.2 Å². The van der Waals surface area contributed by atoms with Gasteiger partial charge in [-0.05, 0) is 67.6 Å². The molecule has 15 heteroatoms. The predicted molar refractivity (Wildman–Crippen MR) is 192 cm³/mol. The van der Waals surface area contributed by atoms with Gasteiger partial charge in [0.15, 0.2) is 0 Å². The number of anilines is 2. The van der Waals surface area contributed by atoms with Crippen molar-refractivity contribution in [2.75, 3.05) is 17.4 Å². The number of ether oxygens (including phenoxy) is 1. The van der Waals surface area contributed by atoms with Gasteiger partial charge < -0.3 is 9.84 Å². The van der Waals surface area contributed by atoms with E-state index in [0.717, 1.165) is 10.6 Å². The van der Waals surface area contributed by atoms with Gasteiger partial charge in [-0.3, -0.25) is 24.6 Å². The quantitative estimate of drug-likeness (QED) is 0.116. The Morgan fingerprint density at radius 1 is 0.789 bits per heavy atom. The van der Waals surface area contributed by atoms with Crippen molar-refractivity contribution in [1.82, 2.24) is 5.01 Å². The second-order valence-electron chi connectivity index (χ2n) is 14.8. The number of aryl methyl sites for hydroxylation is 1. The molecule has 9 nitrogen and oxygen atoms in total. The molecule has 4 aliphatic rings. The van der Waals surface area contributed by atoms with Crippen LogP contribution in [0.5, 0.6) is 11.5 Å². The van der Waals surface area contributed by atoms with E-state index in [1.807, 2.05) is 6.92 Å². The van der Waals surface area contributed by atoms with Crippen molar-refractivity contribution < 1.29 is 55.4 Å². The average Bonchev–Trinajstić information content (AvgIpc) is 3.55. The molecule has 6 unspecified atom stereocenters. The van der Waals surface area contributed by atoms with Crippen LogP contribution in [0.3, 0.4) is 0 Å². The Labute approximate surface area is 321 Å². The second-order valence-corrected chi connectivity index (χ2v) is 14.8. The average molecular weight is 790 g/mol. The zero-order valence-electron chi connectivity index (χ0n) is 30.2. The minimum Gasteiger partial charge on any atom is -0.508 e. The van der Waals surface area contributed by atoms with E-state index >= 15 is 4.79 Å². The summed E-state index contributed by atoms with van der Waals surface area (Å²) in [5.74, 6) is -9.12. The van der Waals surface area contributed by atoms with Gasteiger partial charge in [-0.25, -0.2) is 4.90 Å². The number of amides is 4. The molecule has 4 aromatic rings. The Bertz CT molecular complexity index is 2330. The summed E-state index contributed by atoms with van der Waals surface area (Å²) >= 11 is 0. The maximum absolute atomic E-state index is 15.3. The number of carbonyl (C=O) groups excluding carboxylic acids is 4. The number of carbonyl (C=O) groups is 4. The molecule has 1 saturated carbocycles. The van der Waals surface area contributed by atoms with E-state index in [0.29, 0.717) is 39.4 Å². The number of hydrogen-bond donors (Lipinski definition) is 2. The van der Waals surface area contributed by atoms with Crippen molar-refractivity contribution in [1.29, 1.82) is 0 Å². The molecule has 6 atom stereocenters. The number of methoxy groups -OCH3 is 1. The lowest BCUT2D eigenvalue weighted by molar-refractivity contribution is -0.143. The molecule has 0 radical (unpaired) electrons. The summed E-state index contributed by atoms with van der Waals surface area (Å²) in [6.45, 7) is 1.87. The Morgan fingerprint density at radius 2 is 1.44 bits per heavy atom. The van der Waals surface area contributed by atoms with E-state index < -0.39 is 87.8 Å². The smallest absolute Gasteiger partial charge is 0.416 e. The van der Waals surface area contributed by atoms with Crippen LogP contribution < -0.4 is 15.1 Å². The number of phenolic OH excluding ortho intramolecular Hbond substituents is 1. The van der Waals surface area contributed by atoms with E-state index in [9.17, 15) is 45.8 Å². The van der Waals surface area contributed by atoms with Gasteiger partial charge in [-0.1, -0.05) is 65.7 Å². The molecule has 2 heterocycles. The van der Waals surface area contributed by atoms with E-state index in [2.05, 4.69) is 5.43 Å². The number of halogens is 6. The first-order valence-electron chi connectivity index (χ1n) is 18.0. The Hall–Kier alpha value is -6.12. The van der Waals surface area contributed by atoms with Gasteiger partial charge in [0.25, 0.3) is 11.8 Å². The van der Waals surface area contributed by atoms with Gasteiger partial charge in [0.1, 0.15) is 11.5 Å². The molecule has 2 N–H and O–H groups in total. The van der Waals surface area contributed by atoms with Crippen LogP contribution in [-0.2, 0) is 36.9 Å². The van der Waals surface area contributed by atoms with Gasteiger partial charge in [-0.15, -0.1) is 0 Å². The maximum Gasteiger partial charge on any atom is 0.416 e. The standard InChI is InChI=1S/C42H33F6N3O6/c1-21-8-10-25(11-9-21)49-51-37(54)32-20-31-28(35(29-13-12-27(52)19-33(29)57-2)40(32,39(51)56)22-6-4-3-5-7-22)14-15-30-34(31)38(55)50(36(30)53)26-17-23(41(43,44)45)16-24(18-26)42(46,47)48/h3-14,16-19,30-32,34-35,49,52H,15,20H2,1-2H3. The van der Waals surface area contributed by atoms with Gasteiger partial charge in [0.05, 0.1) is 52.8 Å². The summed E-state index contributed by atoms with van der Waals surface area (Å²) in [5.41, 5.74) is -0.395. The summed E-state index contributed by atoms with van der Waals surface area (Å²) in [6, 6.07) is 20.4. The SMILES string of the molecule is COc1cc(O)ccc1C1C2=CCC3C(=O)N(c4cc(C(F)(F)F)cc(C(F)(F)F)c4)C(=O)C3C2CC2C(=O)N(Nc3ccc(C)cc3)C(=O)C21c1ccccc1. The zero-order chi connectivity index (χ0) is 40.8. The fourth-order valence-electron chi connectivity index (χ4n) is 9.35. The zero-order valence-corrected chi connectivity index (χ0v) is 30.2. The Balaban J connectivity index is 1.31. The van der Waals surface area contributed by atoms with Gasteiger partial charge >= 0.3 is 12.4 Å². The third-order valence-corrected chi connectivity index (χ3v) is 11.8. The van der Waals surface area contributed by atoms with E-state index in [1.54, 1.807) is 66.7 Å². The lowest BCUT2D eigenvalue weighted by atomic mass is 9.49. The predicted octanol–water partition coefficient (Wildman–Crippen LogP) is 7.94. The van der Waals surface area contributed by atoms with E-state index in [-0.39, 0.29) is 30.4 Å². The minimum atomic E-state index is -5.24. The third-order valence-electron chi connectivity index (χ3n) is 11.8. The Kier molecular flexibility index (Phi) is 8.78. The molecule has 2 aliphatic heterocycles. The third kappa shape index (κ3) is 5.84. The highest BCUT2D eigenvalue weighted by molar-refractivity contribution is 6.22. The minimum absolute atomic E-state index is 0.0830. The molecule has 4 aromatic carbocycles. The maximum atomic E-state index is 15.3. The van der Waals surface area contributed by atoms with Crippen LogP contribution in [0.2, 0.25) is 0 Å². The fraction of sp³-hybridized carbons (Fsp3) is 0.286. The largest absolute Gasteiger partial charge is 0.508 e. The van der Waals surface area contributed by atoms with Crippen LogP contribution in [0.1, 0.15) is 46.6 Å². The summed E-state index contributed by atoms with van der Waals surface area (Å²) in [7, 11) is 1.35. The molecule has 2 aliphatic carbocycles. The number of nitrogens with zero attached hydrogens (tertiary/aromatic N) is 2. The summed E-state index contributed by atoms with van der Waals surface area (Å²) in [6.07, 6.45) is -9.13. The fourth-order valence-corrected chi connectivity index (χ4v) is 9.35. The normalized spacial score (nSPS) is 25.9. The molecule has 4 amide bonds. The number of alkyl halides is 6. The number of phenols is 1. The van der Waals surface area contributed by atoms with Crippen molar-refractivity contribution in [2.24, 2.45) is 23.7 Å². The molecule has 0 spiro atoms. The van der Waals surface area contributed by atoms with Crippen molar-refractivity contribution in [3.05, 3.63) is 130 Å². The molecule has 0 bridgehead atoms. The molecule has 294 valence electrons. The molecule has 8 rings (SSSR count). The van der Waals surface area contributed by atoms with Crippen molar-refractivity contribution in [2.45, 2.75) is 43.5 Å². The summed E-state index contributed by atoms with van der Waals surface area (Å²) in [4.78, 5) is 59.1. The topological polar surface area (TPSA) is 116 Å².